The van der Waals surface area contributed by atoms with E-state index < -0.39 is 6.10 Å². The Balaban J connectivity index is 1.84. The lowest BCUT2D eigenvalue weighted by molar-refractivity contribution is -0.119. The number of thiazole rings is 1. The third kappa shape index (κ3) is 4.73. The Morgan fingerprint density at radius 1 is 1.23 bits per heavy atom. The number of carbonyl (C=O) groups excluding carboxylic acids is 2. The van der Waals surface area contributed by atoms with Crippen molar-refractivity contribution in [2.75, 3.05) is 13.6 Å². The molecule has 0 aliphatic heterocycles. The normalized spacial score (nSPS) is 24.2. The fourth-order valence-corrected chi connectivity index (χ4v) is 5.41. The topological polar surface area (TPSA) is 82.5 Å². The average molecular weight is 430 g/mol. The highest BCUT2D eigenvalue weighted by molar-refractivity contribution is 7.13. The smallest absolute Gasteiger partial charge is 0.265 e. The second kappa shape index (κ2) is 9.27. The van der Waals surface area contributed by atoms with Gasteiger partial charge in [-0.05, 0) is 45.1 Å². The van der Waals surface area contributed by atoms with Gasteiger partial charge in [0.1, 0.15) is 4.88 Å². The summed E-state index contributed by atoms with van der Waals surface area (Å²) in [5.74, 6) is -0.147. The van der Waals surface area contributed by atoms with Crippen LogP contribution in [-0.2, 0) is 10.2 Å². The van der Waals surface area contributed by atoms with Crippen molar-refractivity contribution < 1.29 is 14.7 Å². The molecule has 162 valence electrons. The molecule has 1 aliphatic carbocycles. The van der Waals surface area contributed by atoms with E-state index in [1.807, 2.05) is 32.0 Å². The van der Waals surface area contributed by atoms with Crippen molar-refractivity contribution in [1.29, 1.82) is 0 Å². The molecule has 2 aromatic rings. The van der Waals surface area contributed by atoms with Gasteiger partial charge in [-0.25, -0.2) is 4.98 Å². The fraction of sp³-hybridized carbons (Fsp3) is 0.522. The quantitative estimate of drug-likeness (QED) is 0.715. The number of carbonyl (C=O) groups is 2. The first-order chi connectivity index (χ1) is 14.2. The Kier molecular flexibility index (Phi) is 6.93. The molecule has 1 aromatic carbocycles. The molecular formula is C23H31N3O3S. The summed E-state index contributed by atoms with van der Waals surface area (Å²) >= 11 is 1.40. The van der Waals surface area contributed by atoms with E-state index in [1.54, 1.807) is 11.9 Å². The van der Waals surface area contributed by atoms with Crippen LogP contribution in [-0.4, -0.2) is 52.5 Å². The first kappa shape index (κ1) is 22.4. The molecule has 7 heteroatoms. The van der Waals surface area contributed by atoms with E-state index in [-0.39, 0.29) is 23.3 Å². The molecule has 0 saturated heterocycles. The summed E-state index contributed by atoms with van der Waals surface area (Å²) < 4.78 is 0. The second-order valence-electron chi connectivity index (χ2n) is 8.33. The Bertz CT molecular complexity index is 898. The number of aliphatic hydroxyl groups is 1. The van der Waals surface area contributed by atoms with Gasteiger partial charge in [0.25, 0.3) is 5.91 Å². The highest BCUT2D eigenvalue weighted by atomic mass is 32.1. The van der Waals surface area contributed by atoms with E-state index in [4.69, 9.17) is 0 Å². The van der Waals surface area contributed by atoms with Gasteiger partial charge in [-0.1, -0.05) is 30.3 Å². The molecule has 30 heavy (non-hydrogen) atoms. The molecule has 2 N–H and O–H groups in total. The van der Waals surface area contributed by atoms with Crippen LogP contribution in [0.15, 0.2) is 30.3 Å². The molecule has 1 aromatic heterocycles. The monoisotopic (exact) mass is 429 g/mol. The Hall–Kier alpha value is -2.25. The van der Waals surface area contributed by atoms with E-state index >= 15 is 0 Å². The lowest BCUT2D eigenvalue weighted by Gasteiger charge is -2.34. The van der Waals surface area contributed by atoms with Crippen LogP contribution < -0.4 is 5.32 Å². The highest BCUT2D eigenvalue weighted by Gasteiger charge is 2.40. The van der Waals surface area contributed by atoms with Gasteiger partial charge in [-0.15, -0.1) is 11.3 Å². The molecule has 0 unspecified atom stereocenters. The molecule has 1 fully saturated rings. The Labute approximate surface area is 182 Å². The molecule has 1 aliphatic rings. The lowest BCUT2D eigenvalue weighted by Crippen LogP contribution is -2.44. The molecular weight excluding hydrogens is 398 g/mol. The van der Waals surface area contributed by atoms with Crippen molar-refractivity contribution in [3.8, 4) is 0 Å². The van der Waals surface area contributed by atoms with Crippen LogP contribution >= 0.6 is 11.3 Å². The number of likely N-dealkylation sites (N-methyl/N-ethyl adjacent to an activating group) is 1. The molecule has 2 amide bonds. The van der Waals surface area contributed by atoms with E-state index in [9.17, 15) is 14.7 Å². The van der Waals surface area contributed by atoms with Crippen LogP contribution in [0.5, 0.6) is 0 Å². The van der Waals surface area contributed by atoms with Crippen molar-refractivity contribution in [1.82, 2.24) is 15.2 Å². The number of hydrogen-bond donors (Lipinski definition) is 2. The van der Waals surface area contributed by atoms with Crippen LogP contribution in [0, 0.1) is 13.8 Å². The van der Waals surface area contributed by atoms with E-state index in [1.165, 1.54) is 18.3 Å². The summed E-state index contributed by atoms with van der Waals surface area (Å²) in [5.41, 5.74) is 1.64. The van der Waals surface area contributed by atoms with E-state index in [0.717, 1.165) is 29.1 Å². The van der Waals surface area contributed by atoms with Gasteiger partial charge in [0.05, 0.1) is 22.8 Å². The van der Waals surface area contributed by atoms with Crippen molar-refractivity contribution >= 4 is 23.2 Å². The predicted octanol–water partition coefficient (Wildman–Crippen LogP) is 3.21. The van der Waals surface area contributed by atoms with Gasteiger partial charge < -0.3 is 15.3 Å². The number of aromatic nitrogens is 1. The largest absolute Gasteiger partial charge is 0.391 e. The molecule has 0 spiro atoms. The first-order valence-electron chi connectivity index (χ1n) is 10.4. The van der Waals surface area contributed by atoms with E-state index in [0.29, 0.717) is 24.3 Å². The van der Waals surface area contributed by atoms with Crippen molar-refractivity contribution in [3.05, 3.63) is 51.5 Å². The summed E-state index contributed by atoms with van der Waals surface area (Å²) in [7, 11) is 1.77. The number of nitrogens with zero attached hydrogens (tertiary/aromatic N) is 2. The Morgan fingerprint density at radius 2 is 1.90 bits per heavy atom. The number of aryl methyl sites for hydroxylation is 2. The molecule has 1 heterocycles. The minimum atomic E-state index is -0.615. The fourth-order valence-electron chi connectivity index (χ4n) is 4.50. The number of nitrogens with one attached hydrogen (secondary N) is 1. The van der Waals surface area contributed by atoms with Crippen LogP contribution in [0.2, 0.25) is 0 Å². The molecule has 3 atom stereocenters. The number of rotatable bonds is 5. The highest BCUT2D eigenvalue weighted by Crippen LogP contribution is 2.39. The zero-order valence-electron chi connectivity index (χ0n) is 18.1. The van der Waals surface area contributed by atoms with Gasteiger partial charge >= 0.3 is 0 Å². The van der Waals surface area contributed by atoms with Gasteiger partial charge in [0, 0.05) is 25.9 Å². The molecule has 3 rings (SSSR count). The molecule has 1 saturated carbocycles. The zero-order chi connectivity index (χ0) is 21.9. The summed E-state index contributed by atoms with van der Waals surface area (Å²) in [6.07, 6.45) is 2.13. The number of benzene rings is 1. The molecule has 0 radical (unpaired) electrons. The number of aliphatic hydroxyl groups excluding tert-OH is 1. The minimum Gasteiger partial charge on any atom is -0.391 e. The SMILES string of the molecule is CC(=O)NC[C@]1(c2ccccc2)CC[C@H](O)[C@@H](N(C)C(=O)c2sc(C)nc2C)CC1. The predicted molar refractivity (Wildman–Crippen MR) is 119 cm³/mol. The van der Waals surface area contributed by atoms with Gasteiger partial charge in [0.2, 0.25) is 5.91 Å². The van der Waals surface area contributed by atoms with Crippen molar-refractivity contribution in [3.63, 3.8) is 0 Å². The van der Waals surface area contributed by atoms with Gasteiger partial charge in [-0.2, -0.15) is 0 Å². The van der Waals surface area contributed by atoms with Crippen LogP contribution in [0.3, 0.4) is 0 Å². The third-order valence-corrected chi connectivity index (χ3v) is 7.32. The number of hydrogen-bond acceptors (Lipinski definition) is 5. The third-order valence-electron chi connectivity index (χ3n) is 6.26. The average Bonchev–Trinajstić information content (AvgIpc) is 2.97. The Morgan fingerprint density at radius 3 is 2.50 bits per heavy atom. The minimum absolute atomic E-state index is 0.0602. The van der Waals surface area contributed by atoms with Crippen LogP contribution in [0.1, 0.15) is 58.5 Å². The first-order valence-corrected chi connectivity index (χ1v) is 11.2. The van der Waals surface area contributed by atoms with E-state index in [2.05, 4.69) is 22.4 Å². The molecule has 6 nitrogen and oxygen atoms in total. The van der Waals surface area contributed by atoms with Gasteiger partial charge in [0.15, 0.2) is 0 Å². The maximum Gasteiger partial charge on any atom is 0.265 e. The lowest BCUT2D eigenvalue weighted by atomic mass is 9.74. The number of amides is 2. The summed E-state index contributed by atoms with van der Waals surface area (Å²) in [6.45, 7) is 5.79. The van der Waals surface area contributed by atoms with Crippen LogP contribution in [0.25, 0.3) is 0 Å². The van der Waals surface area contributed by atoms with Crippen molar-refractivity contribution in [2.24, 2.45) is 0 Å². The molecule has 0 bridgehead atoms. The van der Waals surface area contributed by atoms with Crippen LogP contribution in [0.4, 0.5) is 0 Å². The summed E-state index contributed by atoms with van der Waals surface area (Å²) in [5, 5.41) is 14.8. The van der Waals surface area contributed by atoms with Crippen molar-refractivity contribution in [2.45, 2.75) is 64.0 Å². The maximum absolute atomic E-state index is 13.1. The van der Waals surface area contributed by atoms with Gasteiger partial charge in [-0.3, -0.25) is 9.59 Å². The maximum atomic E-state index is 13.1. The zero-order valence-corrected chi connectivity index (χ0v) is 19.0. The standard InChI is InChI=1S/C23H31N3O3S/c1-15-21(30-17(3)25-15)22(29)26(4)19-10-12-23(13-11-20(19)28,14-24-16(2)27)18-8-6-5-7-9-18/h5-9,19-20,28H,10-14H2,1-4H3,(H,24,27)/t19-,20-,23+/m0/s1. The summed E-state index contributed by atoms with van der Waals surface area (Å²) in [6, 6.07) is 9.90. The summed E-state index contributed by atoms with van der Waals surface area (Å²) in [4.78, 5) is 31.4. The second-order valence-corrected chi connectivity index (χ2v) is 9.53.